The molecule has 2 unspecified atom stereocenters. The van der Waals surface area contributed by atoms with Crippen LogP contribution >= 0.6 is 11.6 Å². The highest BCUT2D eigenvalue weighted by atomic mass is 35.5. The second kappa shape index (κ2) is 7.80. The van der Waals surface area contributed by atoms with Gasteiger partial charge in [0, 0.05) is 18.5 Å². The van der Waals surface area contributed by atoms with Crippen molar-refractivity contribution in [1.82, 2.24) is 10.2 Å². The van der Waals surface area contributed by atoms with Gasteiger partial charge in [-0.15, -0.1) is 0 Å². The number of likely N-dealkylation sites (N-methyl/N-ethyl adjacent to an activating group) is 1. The van der Waals surface area contributed by atoms with E-state index >= 15 is 0 Å². The van der Waals surface area contributed by atoms with Crippen LogP contribution in [0.25, 0.3) is 0 Å². The first-order valence-corrected chi connectivity index (χ1v) is 8.85. The van der Waals surface area contributed by atoms with E-state index < -0.39 is 5.97 Å². The smallest absolute Gasteiger partial charge is 0.335 e. The summed E-state index contributed by atoms with van der Waals surface area (Å²) < 4.78 is 0. The fourth-order valence-corrected chi connectivity index (χ4v) is 3.45. The summed E-state index contributed by atoms with van der Waals surface area (Å²) in [6.07, 6.45) is 0.342. The number of nitrogens with one attached hydrogen (secondary N) is 1. The van der Waals surface area contributed by atoms with E-state index in [0.717, 1.165) is 5.56 Å². The Morgan fingerprint density at radius 1 is 1.15 bits per heavy atom. The van der Waals surface area contributed by atoms with Gasteiger partial charge in [-0.3, -0.25) is 9.59 Å². The Kier molecular flexibility index (Phi) is 5.46. The number of halogens is 1. The number of nitrogens with zero attached hydrogens (tertiary/aromatic N) is 1. The molecule has 0 radical (unpaired) electrons. The van der Waals surface area contributed by atoms with E-state index in [1.54, 1.807) is 36.2 Å². The van der Waals surface area contributed by atoms with Crippen LogP contribution in [-0.4, -0.2) is 40.9 Å². The van der Waals surface area contributed by atoms with Gasteiger partial charge >= 0.3 is 5.97 Å². The van der Waals surface area contributed by atoms with Crippen molar-refractivity contribution in [1.29, 1.82) is 0 Å². The topological polar surface area (TPSA) is 86.7 Å². The van der Waals surface area contributed by atoms with Crippen molar-refractivity contribution in [3.8, 4) is 0 Å². The molecule has 140 valence electrons. The van der Waals surface area contributed by atoms with E-state index in [1.807, 2.05) is 12.1 Å². The third-order valence-corrected chi connectivity index (χ3v) is 4.96. The molecule has 2 aromatic rings. The lowest BCUT2D eigenvalue weighted by atomic mass is 9.99. The molecule has 0 saturated carbocycles. The number of hydrogen-bond donors (Lipinski definition) is 2. The minimum atomic E-state index is -1.01. The standard InChI is InChI=1S/C20H19ClN2O4/c1-23-18(25)11-16(19(23)13-6-8-15(21)9-7-13)22-17(24)10-12-2-4-14(5-3-12)20(26)27/h2-9,16,19H,10-11H2,1H3,(H,22,24)(H,26,27). The largest absolute Gasteiger partial charge is 0.478 e. The molecule has 2 N–H and O–H groups in total. The highest BCUT2D eigenvalue weighted by Gasteiger charge is 2.39. The van der Waals surface area contributed by atoms with Gasteiger partial charge in [-0.25, -0.2) is 4.79 Å². The molecule has 1 saturated heterocycles. The molecule has 0 aromatic heterocycles. The van der Waals surface area contributed by atoms with Crippen molar-refractivity contribution in [2.24, 2.45) is 0 Å². The molecule has 2 aromatic carbocycles. The molecular weight excluding hydrogens is 368 g/mol. The predicted octanol–water partition coefficient (Wildman–Crippen LogP) is 2.67. The lowest BCUT2D eigenvalue weighted by Gasteiger charge is -2.26. The minimum absolute atomic E-state index is 0.0361. The van der Waals surface area contributed by atoms with Crippen molar-refractivity contribution in [3.63, 3.8) is 0 Å². The predicted molar refractivity (Wildman–Crippen MR) is 101 cm³/mol. The van der Waals surface area contributed by atoms with Gasteiger partial charge in [0.15, 0.2) is 0 Å². The number of hydrogen-bond acceptors (Lipinski definition) is 3. The van der Waals surface area contributed by atoms with Gasteiger partial charge in [-0.2, -0.15) is 0 Å². The van der Waals surface area contributed by atoms with Crippen molar-refractivity contribution in [2.45, 2.75) is 24.9 Å². The van der Waals surface area contributed by atoms with E-state index in [-0.39, 0.29) is 42.3 Å². The summed E-state index contributed by atoms with van der Waals surface area (Å²) in [5.74, 6) is -1.26. The highest BCUT2D eigenvalue weighted by molar-refractivity contribution is 6.30. The number of amides is 2. The lowest BCUT2D eigenvalue weighted by molar-refractivity contribution is -0.127. The van der Waals surface area contributed by atoms with E-state index in [4.69, 9.17) is 16.7 Å². The van der Waals surface area contributed by atoms with Crippen LogP contribution in [0.1, 0.15) is 33.9 Å². The lowest BCUT2D eigenvalue weighted by Crippen LogP contribution is -2.39. The van der Waals surface area contributed by atoms with Crippen molar-refractivity contribution in [2.75, 3.05) is 7.05 Å². The molecule has 2 atom stereocenters. The average Bonchev–Trinajstić information content (AvgIpc) is 2.90. The average molecular weight is 387 g/mol. The van der Waals surface area contributed by atoms with Gasteiger partial charge in [-0.1, -0.05) is 35.9 Å². The van der Waals surface area contributed by atoms with Crippen LogP contribution < -0.4 is 5.32 Å². The van der Waals surface area contributed by atoms with Crippen LogP contribution in [-0.2, 0) is 16.0 Å². The Labute approximate surface area is 161 Å². The SMILES string of the molecule is CN1C(=O)CC(NC(=O)Cc2ccc(C(=O)O)cc2)C1c1ccc(Cl)cc1. The van der Waals surface area contributed by atoms with Gasteiger partial charge in [0.2, 0.25) is 11.8 Å². The summed E-state index contributed by atoms with van der Waals surface area (Å²) in [7, 11) is 1.72. The molecule has 7 heteroatoms. The van der Waals surface area contributed by atoms with Crippen LogP contribution in [0.4, 0.5) is 0 Å². The fourth-order valence-electron chi connectivity index (χ4n) is 3.32. The molecule has 1 aliphatic rings. The second-order valence-electron chi connectivity index (χ2n) is 6.56. The van der Waals surface area contributed by atoms with E-state index in [9.17, 15) is 14.4 Å². The monoisotopic (exact) mass is 386 g/mol. The minimum Gasteiger partial charge on any atom is -0.478 e. The van der Waals surface area contributed by atoms with Crippen LogP contribution in [0.5, 0.6) is 0 Å². The summed E-state index contributed by atoms with van der Waals surface area (Å²) in [4.78, 5) is 37.2. The first-order valence-electron chi connectivity index (χ1n) is 8.48. The van der Waals surface area contributed by atoms with Gasteiger partial charge in [0.1, 0.15) is 0 Å². The molecule has 0 spiro atoms. The van der Waals surface area contributed by atoms with Crippen LogP contribution in [0.15, 0.2) is 48.5 Å². The van der Waals surface area contributed by atoms with E-state index in [2.05, 4.69) is 5.32 Å². The summed E-state index contributed by atoms with van der Waals surface area (Å²) in [6, 6.07) is 12.8. The van der Waals surface area contributed by atoms with Crippen molar-refractivity contribution >= 4 is 29.4 Å². The van der Waals surface area contributed by atoms with E-state index in [1.165, 1.54) is 12.1 Å². The van der Waals surface area contributed by atoms with Gasteiger partial charge in [0.25, 0.3) is 0 Å². The van der Waals surface area contributed by atoms with Crippen LogP contribution in [0, 0.1) is 0 Å². The Balaban J connectivity index is 1.70. The van der Waals surface area contributed by atoms with Gasteiger partial charge in [0.05, 0.1) is 24.1 Å². The Morgan fingerprint density at radius 3 is 2.37 bits per heavy atom. The summed E-state index contributed by atoms with van der Waals surface area (Å²) >= 11 is 5.94. The van der Waals surface area contributed by atoms with Crippen LogP contribution in [0.3, 0.4) is 0 Å². The zero-order valence-electron chi connectivity index (χ0n) is 14.7. The van der Waals surface area contributed by atoms with Crippen molar-refractivity contribution < 1.29 is 19.5 Å². The molecule has 0 aliphatic carbocycles. The number of rotatable bonds is 5. The zero-order chi connectivity index (χ0) is 19.6. The third kappa shape index (κ3) is 4.28. The molecule has 27 heavy (non-hydrogen) atoms. The maximum Gasteiger partial charge on any atom is 0.335 e. The third-order valence-electron chi connectivity index (χ3n) is 4.71. The number of carboxylic acid groups (broad SMARTS) is 1. The number of likely N-dealkylation sites (tertiary alicyclic amines) is 1. The number of benzene rings is 2. The fraction of sp³-hybridized carbons (Fsp3) is 0.250. The first kappa shape index (κ1) is 18.9. The normalized spacial score (nSPS) is 19.2. The molecule has 6 nitrogen and oxygen atoms in total. The Hall–Kier alpha value is -2.86. The quantitative estimate of drug-likeness (QED) is 0.827. The number of carbonyl (C=O) groups is 3. The molecule has 2 amide bonds. The molecule has 0 bridgehead atoms. The van der Waals surface area contributed by atoms with Gasteiger partial charge < -0.3 is 15.3 Å². The number of carbonyl (C=O) groups excluding carboxylic acids is 2. The molecule has 1 heterocycles. The number of carboxylic acids is 1. The number of aromatic carboxylic acids is 1. The second-order valence-corrected chi connectivity index (χ2v) is 6.99. The summed E-state index contributed by atoms with van der Waals surface area (Å²) in [5.41, 5.74) is 1.78. The maximum absolute atomic E-state index is 12.5. The summed E-state index contributed by atoms with van der Waals surface area (Å²) in [6.45, 7) is 0. The zero-order valence-corrected chi connectivity index (χ0v) is 15.4. The van der Waals surface area contributed by atoms with E-state index in [0.29, 0.717) is 10.6 Å². The summed E-state index contributed by atoms with van der Waals surface area (Å²) in [5, 5.41) is 12.5. The van der Waals surface area contributed by atoms with Crippen LogP contribution in [0.2, 0.25) is 5.02 Å². The first-order chi connectivity index (χ1) is 12.8. The molecule has 1 fully saturated rings. The molecular formula is C20H19ClN2O4. The Bertz CT molecular complexity index is 865. The van der Waals surface area contributed by atoms with Crippen molar-refractivity contribution in [3.05, 3.63) is 70.2 Å². The Morgan fingerprint density at radius 2 is 1.78 bits per heavy atom. The maximum atomic E-state index is 12.5. The molecule has 3 rings (SSSR count). The molecule has 1 aliphatic heterocycles. The highest BCUT2D eigenvalue weighted by Crippen LogP contribution is 2.32. The van der Waals surface area contributed by atoms with Gasteiger partial charge in [-0.05, 0) is 35.4 Å².